The van der Waals surface area contributed by atoms with Gasteiger partial charge in [0.2, 0.25) is 0 Å². The Morgan fingerprint density at radius 2 is 1.61 bits per heavy atom. The van der Waals surface area contributed by atoms with Gasteiger partial charge in [0.1, 0.15) is 0 Å². The smallest absolute Gasteiger partial charge is 0.478 e. The molecule has 0 amide bonds. The average molecular weight is 396 g/mol. The summed E-state index contributed by atoms with van der Waals surface area (Å²) in [5.74, 6) is -2.77. The molecule has 9 heteroatoms. The molecule has 0 aliphatic carbocycles. The summed E-state index contributed by atoms with van der Waals surface area (Å²) in [6.45, 7) is 0. The van der Waals surface area contributed by atoms with E-state index in [0.29, 0.717) is 5.56 Å². The van der Waals surface area contributed by atoms with Gasteiger partial charge in [0, 0.05) is 6.42 Å². The number of carbonyl (C=O) groups is 2. The van der Waals surface area contributed by atoms with Crippen LogP contribution >= 0.6 is 0 Å². The topological polar surface area (TPSA) is 72.8 Å². The Hall–Kier alpha value is -3.36. The summed E-state index contributed by atoms with van der Waals surface area (Å²) in [5.41, 5.74) is 0.531. The van der Waals surface area contributed by atoms with Crippen LogP contribution in [0.5, 0.6) is 11.5 Å². The van der Waals surface area contributed by atoms with Crippen molar-refractivity contribution in [2.24, 2.45) is 0 Å². The number of fused-ring (bicyclic) bond motifs is 1. The molecule has 0 radical (unpaired) electrons. The lowest BCUT2D eigenvalue weighted by Crippen LogP contribution is -2.52. The van der Waals surface area contributed by atoms with Crippen molar-refractivity contribution in [3.63, 3.8) is 0 Å². The summed E-state index contributed by atoms with van der Waals surface area (Å²) < 4.78 is 60.7. The Labute approximate surface area is 155 Å². The van der Waals surface area contributed by atoms with E-state index < -0.39 is 35.5 Å². The van der Waals surface area contributed by atoms with Crippen LogP contribution < -0.4 is 9.47 Å². The van der Waals surface area contributed by atoms with Crippen molar-refractivity contribution in [3.8, 4) is 11.5 Å². The summed E-state index contributed by atoms with van der Waals surface area (Å²) in [5, 5.41) is 9.11. The van der Waals surface area contributed by atoms with Crippen molar-refractivity contribution in [1.82, 2.24) is 0 Å². The second-order valence-corrected chi connectivity index (χ2v) is 5.88. The zero-order valence-corrected chi connectivity index (χ0v) is 14.0. The van der Waals surface area contributed by atoms with Gasteiger partial charge in [-0.1, -0.05) is 30.3 Å². The minimum Gasteiger partial charge on any atom is -0.478 e. The van der Waals surface area contributed by atoms with Gasteiger partial charge in [-0.3, -0.25) is 4.79 Å². The van der Waals surface area contributed by atoms with Crippen LogP contribution in [0.2, 0.25) is 0 Å². The van der Waals surface area contributed by atoms with Gasteiger partial charge in [0.15, 0.2) is 17.3 Å². The molecule has 1 aliphatic heterocycles. The number of carboxylic acids is 1. The second-order valence-electron chi connectivity index (χ2n) is 5.88. The predicted molar refractivity (Wildman–Crippen MR) is 88.7 cm³/mol. The van der Waals surface area contributed by atoms with Crippen molar-refractivity contribution in [3.05, 3.63) is 65.2 Å². The fourth-order valence-electron chi connectivity index (χ4n) is 2.51. The number of allylic oxidation sites excluding steroid dienone is 1. The molecule has 3 rings (SSSR count). The molecule has 2 aromatic carbocycles. The fraction of sp³-hybridized carbons (Fsp3) is 0.158. The van der Waals surface area contributed by atoms with Crippen LogP contribution in [0, 0.1) is 0 Å². The highest BCUT2D eigenvalue weighted by atomic mass is 19.3. The molecule has 0 bridgehead atoms. The minimum absolute atomic E-state index is 0.00765. The highest BCUT2D eigenvalue weighted by molar-refractivity contribution is 5.97. The number of hydrogen-bond acceptors (Lipinski definition) is 4. The molecule has 0 saturated heterocycles. The van der Waals surface area contributed by atoms with Crippen molar-refractivity contribution in [2.45, 2.75) is 18.6 Å². The number of ketones is 1. The molecule has 0 saturated carbocycles. The van der Waals surface area contributed by atoms with Crippen LogP contribution in [-0.2, 0) is 11.2 Å². The first-order valence-corrected chi connectivity index (χ1v) is 7.89. The number of carbonyl (C=O) groups excluding carboxylic acids is 1. The monoisotopic (exact) mass is 396 g/mol. The first-order valence-electron chi connectivity index (χ1n) is 7.89. The number of halogens is 4. The molecule has 0 fully saturated rings. The van der Waals surface area contributed by atoms with E-state index in [1.54, 1.807) is 6.07 Å². The standard InChI is InChI=1S/C19H12F4O5/c20-18(21)19(22,23)28-16-9-11(6-8-15(16)27-18)5-7-13(24)10-12-3-1-2-4-14(12)17(25)26/h1-9H,10H2,(H,25,26)/b7-5+. The molecule has 0 atom stereocenters. The average Bonchev–Trinajstić information content (AvgIpc) is 2.60. The first-order chi connectivity index (χ1) is 13.1. The van der Waals surface area contributed by atoms with E-state index in [0.717, 1.165) is 18.2 Å². The Morgan fingerprint density at radius 1 is 0.964 bits per heavy atom. The maximum Gasteiger partial charge on any atom is 0.507 e. The van der Waals surface area contributed by atoms with Crippen LogP contribution in [0.3, 0.4) is 0 Å². The Morgan fingerprint density at radius 3 is 2.29 bits per heavy atom. The first kappa shape index (κ1) is 19.4. The molecule has 1 N–H and O–H groups in total. The molecule has 5 nitrogen and oxygen atoms in total. The number of ether oxygens (including phenoxy) is 2. The van der Waals surface area contributed by atoms with E-state index in [9.17, 15) is 27.2 Å². The van der Waals surface area contributed by atoms with Gasteiger partial charge < -0.3 is 14.6 Å². The lowest BCUT2D eigenvalue weighted by atomic mass is 10.0. The lowest BCUT2D eigenvalue weighted by molar-refractivity contribution is -0.391. The minimum atomic E-state index is -4.83. The zero-order valence-electron chi connectivity index (χ0n) is 14.0. The van der Waals surface area contributed by atoms with Gasteiger partial charge in [-0.15, -0.1) is 0 Å². The molecule has 2 aromatic rings. The molecule has 0 aromatic heterocycles. The maximum atomic E-state index is 13.2. The quantitative estimate of drug-likeness (QED) is 0.607. The fourth-order valence-corrected chi connectivity index (χ4v) is 2.51. The van der Waals surface area contributed by atoms with Crippen LogP contribution in [0.4, 0.5) is 17.6 Å². The molecule has 1 heterocycles. The van der Waals surface area contributed by atoms with Crippen molar-refractivity contribution >= 4 is 17.8 Å². The molecular weight excluding hydrogens is 384 g/mol. The number of benzene rings is 2. The van der Waals surface area contributed by atoms with E-state index in [1.807, 2.05) is 0 Å². The van der Waals surface area contributed by atoms with Crippen molar-refractivity contribution < 1.29 is 41.7 Å². The van der Waals surface area contributed by atoms with Crippen LogP contribution in [0.1, 0.15) is 21.5 Å². The molecule has 146 valence electrons. The van der Waals surface area contributed by atoms with Crippen molar-refractivity contribution in [2.75, 3.05) is 0 Å². The van der Waals surface area contributed by atoms with Gasteiger partial charge in [-0.25, -0.2) is 4.79 Å². The van der Waals surface area contributed by atoms with Gasteiger partial charge in [-0.2, -0.15) is 17.6 Å². The predicted octanol–water partition coefficient (Wildman–Crippen LogP) is 4.17. The SMILES string of the molecule is O=C(/C=C/c1ccc2c(c1)OC(F)(F)C(F)(F)O2)Cc1ccccc1C(=O)O. The normalized spacial score (nSPS) is 16.7. The van der Waals surface area contributed by atoms with Gasteiger partial charge >= 0.3 is 18.2 Å². The third-order valence-corrected chi connectivity index (χ3v) is 3.86. The van der Waals surface area contributed by atoms with Gasteiger partial charge in [-0.05, 0) is 35.4 Å². The number of aromatic carboxylic acids is 1. The molecule has 1 aliphatic rings. The van der Waals surface area contributed by atoms with E-state index in [-0.39, 0.29) is 17.5 Å². The zero-order chi connectivity index (χ0) is 20.5. The molecule has 0 unspecified atom stereocenters. The lowest BCUT2D eigenvalue weighted by Gasteiger charge is -2.31. The van der Waals surface area contributed by atoms with E-state index in [4.69, 9.17) is 5.11 Å². The molecule has 0 spiro atoms. The highest BCUT2D eigenvalue weighted by Gasteiger charge is 2.65. The van der Waals surface area contributed by atoms with Crippen LogP contribution in [-0.4, -0.2) is 29.1 Å². The van der Waals surface area contributed by atoms with Crippen LogP contribution in [0.15, 0.2) is 48.5 Å². The molecule has 28 heavy (non-hydrogen) atoms. The molecular formula is C19H12F4O5. The summed E-state index contributed by atoms with van der Waals surface area (Å²) in [7, 11) is 0. The summed E-state index contributed by atoms with van der Waals surface area (Å²) in [4.78, 5) is 23.2. The third-order valence-electron chi connectivity index (χ3n) is 3.86. The number of rotatable bonds is 5. The Bertz CT molecular complexity index is 969. The third kappa shape index (κ3) is 3.83. The largest absolute Gasteiger partial charge is 0.507 e. The number of hydrogen-bond donors (Lipinski definition) is 1. The van der Waals surface area contributed by atoms with E-state index in [2.05, 4.69) is 9.47 Å². The maximum absolute atomic E-state index is 13.2. The van der Waals surface area contributed by atoms with E-state index >= 15 is 0 Å². The highest BCUT2D eigenvalue weighted by Crippen LogP contribution is 2.47. The summed E-state index contributed by atoms with van der Waals surface area (Å²) >= 11 is 0. The Kier molecular flexibility index (Phi) is 4.84. The van der Waals surface area contributed by atoms with Crippen LogP contribution in [0.25, 0.3) is 6.08 Å². The number of carboxylic acid groups (broad SMARTS) is 1. The number of alkyl halides is 4. The van der Waals surface area contributed by atoms with E-state index in [1.165, 1.54) is 30.3 Å². The Balaban J connectivity index is 1.76. The second kappa shape index (κ2) is 6.99. The van der Waals surface area contributed by atoms with Gasteiger partial charge in [0.25, 0.3) is 0 Å². The van der Waals surface area contributed by atoms with Gasteiger partial charge in [0.05, 0.1) is 5.56 Å². The summed E-state index contributed by atoms with van der Waals surface area (Å²) in [6, 6.07) is 9.30. The van der Waals surface area contributed by atoms with Crippen molar-refractivity contribution in [1.29, 1.82) is 0 Å². The summed E-state index contributed by atoms with van der Waals surface area (Å²) in [6.07, 6.45) is -7.44.